The fourth-order valence-corrected chi connectivity index (χ4v) is 2.49. The zero-order valence-corrected chi connectivity index (χ0v) is 9.89. The molecule has 0 atom stereocenters. The standard InChI is InChI=1S/C10H9ClN2OS/c1-6-5-15-10(8(6)11)9(14)7-3-12-13(2)4-7/h3-5H,1-2H3. The van der Waals surface area contributed by atoms with Crippen molar-refractivity contribution in [1.29, 1.82) is 0 Å². The second-order valence-electron chi connectivity index (χ2n) is 3.29. The minimum absolute atomic E-state index is 0.0637. The van der Waals surface area contributed by atoms with Crippen LogP contribution in [0.2, 0.25) is 5.02 Å². The summed E-state index contributed by atoms with van der Waals surface area (Å²) in [5.41, 5.74) is 1.51. The number of aromatic nitrogens is 2. The predicted molar refractivity (Wildman–Crippen MR) is 60.7 cm³/mol. The van der Waals surface area contributed by atoms with Crippen LogP contribution in [-0.2, 0) is 7.05 Å². The third kappa shape index (κ3) is 1.82. The maximum atomic E-state index is 12.0. The first-order valence-electron chi connectivity index (χ1n) is 4.36. The second-order valence-corrected chi connectivity index (χ2v) is 4.55. The lowest BCUT2D eigenvalue weighted by atomic mass is 10.2. The third-order valence-electron chi connectivity index (χ3n) is 2.07. The van der Waals surface area contributed by atoms with Gasteiger partial charge in [-0.25, -0.2) is 0 Å². The van der Waals surface area contributed by atoms with E-state index in [1.807, 2.05) is 12.3 Å². The molecule has 0 fully saturated rings. The van der Waals surface area contributed by atoms with Crippen molar-refractivity contribution in [3.05, 3.63) is 38.8 Å². The van der Waals surface area contributed by atoms with E-state index in [9.17, 15) is 4.79 Å². The number of carbonyl (C=O) groups is 1. The third-order valence-corrected chi connectivity index (χ3v) is 3.77. The number of nitrogens with zero attached hydrogens (tertiary/aromatic N) is 2. The van der Waals surface area contributed by atoms with Crippen molar-refractivity contribution in [2.45, 2.75) is 6.92 Å². The van der Waals surface area contributed by atoms with Crippen molar-refractivity contribution in [2.75, 3.05) is 0 Å². The number of halogens is 1. The van der Waals surface area contributed by atoms with Crippen LogP contribution < -0.4 is 0 Å². The van der Waals surface area contributed by atoms with Gasteiger partial charge in [0.25, 0.3) is 0 Å². The normalized spacial score (nSPS) is 10.6. The Balaban J connectivity index is 2.41. The SMILES string of the molecule is Cc1csc(C(=O)c2cnn(C)c2)c1Cl. The average molecular weight is 241 g/mol. The quantitative estimate of drug-likeness (QED) is 0.757. The molecule has 0 aromatic carbocycles. The van der Waals surface area contributed by atoms with Gasteiger partial charge in [-0.2, -0.15) is 5.10 Å². The van der Waals surface area contributed by atoms with E-state index in [2.05, 4.69) is 5.10 Å². The molecule has 0 spiro atoms. The van der Waals surface area contributed by atoms with Crippen LogP contribution in [0.1, 0.15) is 20.8 Å². The van der Waals surface area contributed by atoms with Crippen LogP contribution in [0.15, 0.2) is 17.8 Å². The molecular formula is C10H9ClN2OS. The maximum Gasteiger partial charge on any atom is 0.207 e. The largest absolute Gasteiger partial charge is 0.288 e. The number of carbonyl (C=O) groups excluding carboxylic acids is 1. The van der Waals surface area contributed by atoms with Gasteiger partial charge in [-0.3, -0.25) is 9.48 Å². The molecule has 0 saturated heterocycles. The zero-order chi connectivity index (χ0) is 11.0. The van der Waals surface area contributed by atoms with Gasteiger partial charge in [0.1, 0.15) is 0 Å². The van der Waals surface area contributed by atoms with Crippen molar-refractivity contribution >= 4 is 28.7 Å². The first kappa shape index (κ1) is 10.4. The number of thiophene rings is 1. The van der Waals surface area contributed by atoms with Gasteiger partial charge in [0.05, 0.1) is 21.7 Å². The fourth-order valence-electron chi connectivity index (χ4n) is 1.25. The Hall–Kier alpha value is -1.13. The van der Waals surface area contributed by atoms with Crippen LogP contribution in [0.25, 0.3) is 0 Å². The average Bonchev–Trinajstić information content (AvgIpc) is 2.75. The van der Waals surface area contributed by atoms with E-state index in [0.29, 0.717) is 15.5 Å². The molecule has 0 unspecified atom stereocenters. The smallest absolute Gasteiger partial charge is 0.207 e. The summed E-state index contributed by atoms with van der Waals surface area (Å²) in [6.07, 6.45) is 3.24. The molecule has 0 bridgehead atoms. The first-order valence-corrected chi connectivity index (χ1v) is 5.62. The Kier molecular flexibility index (Phi) is 2.63. The van der Waals surface area contributed by atoms with Gasteiger partial charge in [0, 0.05) is 13.2 Å². The van der Waals surface area contributed by atoms with E-state index < -0.39 is 0 Å². The van der Waals surface area contributed by atoms with E-state index in [0.717, 1.165) is 5.56 Å². The van der Waals surface area contributed by atoms with E-state index in [1.165, 1.54) is 11.3 Å². The molecular weight excluding hydrogens is 232 g/mol. The van der Waals surface area contributed by atoms with Gasteiger partial charge in [-0.15, -0.1) is 11.3 Å². The van der Waals surface area contributed by atoms with Gasteiger partial charge in [0.15, 0.2) is 0 Å². The Bertz CT molecular complexity index is 515. The molecule has 0 aliphatic carbocycles. The van der Waals surface area contributed by atoms with Crippen LogP contribution in [0.4, 0.5) is 0 Å². The van der Waals surface area contributed by atoms with Crippen LogP contribution in [-0.4, -0.2) is 15.6 Å². The fraction of sp³-hybridized carbons (Fsp3) is 0.200. The van der Waals surface area contributed by atoms with Crippen molar-refractivity contribution in [2.24, 2.45) is 7.05 Å². The number of hydrogen-bond donors (Lipinski definition) is 0. The van der Waals surface area contributed by atoms with Gasteiger partial charge in [-0.05, 0) is 17.9 Å². The second kappa shape index (κ2) is 3.79. The van der Waals surface area contributed by atoms with Crippen molar-refractivity contribution < 1.29 is 4.79 Å². The van der Waals surface area contributed by atoms with Crippen molar-refractivity contribution in [3.8, 4) is 0 Å². The minimum atomic E-state index is -0.0637. The summed E-state index contributed by atoms with van der Waals surface area (Å²) in [6, 6.07) is 0. The molecule has 0 radical (unpaired) electrons. The summed E-state index contributed by atoms with van der Waals surface area (Å²) in [7, 11) is 1.78. The molecule has 0 aliphatic rings. The molecule has 2 heterocycles. The predicted octanol–water partition coefficient (Wildman–Crippen LogP) is 2.67. The van der Waals surface area contributed by atoms with Crippen molar-refractivity contribution in [1.82, 2.24) is 9.78 Å². The minimum Gasteiger partial charge on any atom is -0.288 e. The lowest BCUT2D eigenvalue weighted by molar-refractivity contribution is 0.104. The van der Waals surface area contributed by atoms with E-state index in [-0.39, 0.29) is 5.78 Å². The van der Waals surface area contributed by atoms with Gasteiger partial charge < -0.3 is 0 Å². The molecule has 15 heavy (non-hydrogen) atoms. The maximum absolute atomic E-state index is 12.0. The highest BCUT2D eigenvalue weighted by Gasteiger charge is 2.17. The number of rotatable bonds is 2. The summed E-state index contributed by atoms with van der Waals surface area (Å²) >= 11 is 7.39. The Labute approximate surface area is 96.3 Å². The molecule has 3 nitrogen and oxygen atoms in total. The number of ketones is 1. The Morgan fingerprint density at radius 3 is 2.80 bits per heavy atom. The van der Waals surface area contributed by atoms with Crippen LogP contribution >= 0.6 is 22.9 Å². The number of aryl methyl sites for hydroxylation is 2. The van der Waals surface area contributed by atoms with Gasteiger partial charge in [-0.1, -0.05) is 11.6 Å². The van der Waals surface area contributed by atoms with Crippen LogP contribution in [0, 0.1) is 6.92 Å². The Morgan fingerprint density at radius 1 is 1.60 bits per heavy atom. The molecule has 0 N–H and O–H groups in total. The zero-order valence-electron chi connectivity index (χ0n) is 8.32. The topological polar surface area (TPSA) is 34.9 Å². The summed E-state index contributed by atoms with van der Waals surface area (Å²) < 4.78 is 1.60. The highest BCUT2D eigenvalue weighted by atomic mass is 35.5. The highest BCUT2D eigenvalue weighted by molar-refractivity contribution is 7.13. The molecule has 2 aromatic heterocycles. The lowest BCUT2D eigenvalue weighted by Gasteiger charge is -1.94. The Morgan fingerprint density at radius 2 is 2.33 bits per heavy atom. The van der Waals surface area contributed by atoms with E-state index in [1.54, 1.807) is 24.1 Å². The molecule has 5 heteroatoms. The summed E-state index contributed by atoms with van der Waals surface area (Å²) in [5.74, 6) is -0.0637. The molecule has 0 aliphatic heterocycles. The monoisotopic (exact) mass is 240 g/mol. The molecule has 2 rings (SSSR count). The van der Waals surface area contributed by atoms with Crippen molar-refractivity contribution in [3.63, 3.8) is 0 Å². The molecule has 2 aromatic rings. The molecule has 0 amide bonds. The number of hydrogen-bond acceptors (Lipinski definition) is 3. The van der Waals surface area contributed by atoms with E-state index >= 15 is 0 Å². The van der Waals surface area contributed by atoms with Crippen LogP contribution in [0.3, 0.4) is 0 Å². The summed E-state index contributed by atoms with van der Waals surface area (Å²) in [5, 5.41) is 6.39. The van der Waals surface area contributed by atoms with Gasteiger partial charge >= 0.3 is 0 Å². The summed E-state index contributed by atoms with van der Waals surface area (Å²) in [6.45, 7) is 1.89. The van der Waals surface area contributed by atoms with E-state index in [4.69, 9.17) is 11.6 Å². The molecule has 0 saturated carbocycles. The lowest BCUT2D eigenvalue weighted by Crippen LogP contribution is -1.97. The summed E-state index contributed by atoms with van der Waals surface area (Å²) in [4.78, 5) is 12.6. The first-order chi connectivity index (χ1) is 7.09. The highest BCUT2D eigenvalue weighted by Crippen LogP contribution is 2.29. The van der Waals surface area contributed by atoms with Crippen LogP contribution in [0.5, 0.6) is 0 Å². The van der Waals surface area contributed by atoms with Gasteiger partial charge in [0.2, 0.25) is 5.78 Å². The molecule has 78 valence electrons.